The minimum Gasteiger partial charge on any atom is -0.497 e. The highest BCUT2D eigenvalue weighted by molar-refractivity contribution is 14.0. The van der Waals surface area contributed by atoms with Gasteiger partial charge >= 0.3 is 0 Å². The number of nitrogens with one attached hydrogen (secondary N) is 2. The normalized spacial score (nSPS) is 14.5. The maximum absolute atomic E-state index is 5.42. The topological polar surface area (TPSA) is 58.1 Å². The first-order valence-electron chi connectivity index (χ1n) is 11.1. The molecule has 1 saturated heterocycles. The number of hydrogen-bond acceptors (Lipinski definition) is 4. The largest absolute Gasteiger partial charge is 0.497 e. The Labute approximate surface area is 213 Å². The molecule has 0 aliphatic carbocycles. The van der Waals surface area contributed by atoms with Gasteiger partial charge in [-0.25, -0.2) is 0 Å². The van der Waals surface area contributed by atoms with Crippen LogP contribution >= 0.6 is 24.0 Å². The molecule has 1 aliphatic rings. The van der Waals surface area contributed by atoms with Crippen molar-refractivity contribution in [2.45, 2.75) is 25.4 Å². The minimum absolute atomic E-state index is 0. The predicted octanol–water partition coefficient (Wildman–Crippen LogP) is 4.81. The summed E-state index contributed by atoms with van der Waals surface area (Å²) < 4.78 is 10.8. The third-order valence-electron chi connectivity index (χ3n) is 6.03. The number of ether oxygens (including phenoxy) is 2. The van der Waals surface area contributed by atoms with Gasteiger partial charge in [0.25, 0.3) is 0 Å². The number of halogens is 1. The molecule has 0 radical (unpaired) electrons. The lowest BCUT2D eigenvalue weighted by molar-refractivity contribution is 0.393. The maximum atomic E-state index is 5.42. The Morgan fingerprint density at radius 3 is 2.24 bits per heavy atom. The van der Waals surface area contributed by atoms with Crippen molar-refractivity contribution >= 4 is 46.4 Å². The van der Waals surface area contributed by atoms with E-state index in [1.54, 1.807) is 14.2 Å². The Kier molecular flexibility index (Phi) is 9.05. The minimum atomic E-state index is 0. The van der Waals surface area contributed by atoms with E-state index in [0.29, 0.717) is 6.04 Å². The molecule has 0 bridgehead atoms. The van der Waals surface area contributed by atoms with Gasteiger partial charge in [0.2, 0.25) is 0 Å². The second-order valence-electron chi connectivity index (χ2n) is 8.08. The van der Waals surface area contributed by atoms with Crippen LogP contribution in [-0.2, 0) is 6.54 Å². The number of hydrogen-bond donors (Lipinski definition) is 2. The SMILES string of the molecule is CN=C(NCc1ccc2ccccc2c1)NC1CCN(c2cc(OC)cc(OC)c2)CC1.I. The van der Waals surface area contributed by atoms with Crippen LogP contribution in [0.4, 0.5) is 5.69 Å². The summed E-state index contributed by atoms with van der Waals surface area (Å²) in [4.78, 5) is 6.81. The summed E-state index contributed by atoms with van der Waals surface area (Å²) in [7, 11) is 5.20. The zero-order chi connectivity index (χ0) is 22.3. The van der Waals surface area contributed by atoms with E-state index in [1.165, 1.54) is 16.3 Å². The lowest BCUT2D eigenvalue weighted by atomic mass is 10.0. The fraction of sp³-hybridized carbons (Fsp3) is 0.346. The van der Waals surface area contributed by atoms with Crippen molar-refractivity contribution in [2.24, 2.45) is 4.99 Å². The van der Waals surface area contributed by atoms with Crippen LogP contribution in [0.5, 0.6) is 11.5 Å². The summed E-state index contributed by atoms with van der Waals surface area (Å²) in [5, 5.41) is 9.58. The summed E-state index contributed by atoms with van der Waals surface area (Å²) in [6.45, 7) is 2.68. The molecule has 4 rings (SSSR count). The number of guanidine groups is 1. The van der Waals surface area contributed by atoms with Crippen LogP contribution in [0.1, 0.15) is 18.4 Å². The highest BCUT2D eigenvalue weighted by atomic mass is 127. The Hall–Kier alpha value is -2.68. The molecule has 1 fully saturated rings. The van der Waals surface area contributed by atoms with Crippen molar-refractivity contribution in [3.05, 3.63) is 66.2 Å². The van der Waals surface area contributed by atoms with Gasteiger partial charge in [0.1, 0.15) is 11.5 Å². The second-order valence-corrected chi connectivity index (χ2v) is 8.08. The molecule has 7 heteroatoms. The number of aliphatic imine (C=N–C) groups is 1. The molecule has 33 heavy (non-hydrogen) atoms. The molecule has 2 N–H and O–H groups in total. The molecule has 0 unspecified atom stereocenters. The van der Waals surface area contributed by atoms with E-state index in [9.17, 15) is 0 Å². The van der Waals surface area contributed by atoms with E-state index >= 15 is 0 Å². The van der Waals surface area contributed by atoms with Gasteiger partial charge in [-0.1, -0.05) is 36.4 Å². The van der Waals surface area contributed by atoms with Gasteiger partial charge in [-0.15, -0.1) is 24.0 Å². The summed E-state index contributed by atoms with van der Waals surface area (Å²) in [5.41, 5.74) is 2.38. The molecule has 0 spiro atoms. The lowest BCUT2D eigenvalue weighted by Crippen LogP contribution is -2.48. The average molecular weight is 560 g/mol. The zero-order valence-corrected chi connectivity index (χ0v) is 21.8. The van der Waals surface area contributed by atoms with Crippen LogP contribution in [-0.4, -0.2) is 46.4 Å². The van der Waals surface area contributed by atoms with Crippen LogP contribution in [0.15, 0.2) is 65.7 Å². The van der Waals surface area contributed by atoms with Crippen LogP contribution in [0.25, 0.3) is 10.8 Å². The first kappa shape index (κ1) is 25.0. The van der Waals surface area contributed by atoms with Gasteiger partial charge in [0.15, 0.2) is 5.96 Å². The van der Waals surface area contributed by atoms with Crippen LogP contribution in [0, 0.1) is 0 Å². The van der Waals surface area contributed by atoms with Gasteiger partial charge in [0, 0.05) is 56.6 Å². The molecular weight excluding hydrogens is 527 g/mol. The highest BCUT2D eigenvalue weighted by Crippen LogP contribution is 2.30. The third-order valence-corrected chi connectivity index (χ3v) is 6.03. The standard InChI is InChI=1S/C26H32N4O2.HI/c1-27-26(28-18-19-8-9-20-6-4-5-7-21(20)14-19)29-22-10-12-30(13-11-22)23-15-24(31-2)17-25(16-23)32-3;/h4-9,14-17,22H,10-13,18H2,1-3H3,(H2,27,28,29);1H. The summed E-state index contributed by atoms with van der Waals surface area (Å²) in [5.74, 6) is 2.48. The number of benzene rings is 3. The van der Waals surface area contributed by atoms with Gasteiger partial charge in [-0.05, 0) is 35.2 Å². The molecule has 0 aromatic heterocycles. The molecule has 0 saturated carbocycles. The Morgan fingerprint density at radius 1 is 0.939 bits per heavy atom. The number of rotatable bonds is 6. The molecular formula is C26H33IN4O2. The van der Waals surface area contributed by atoms with E-state index in [4.69, 9.17) is 9.47 Å². The van der Waals surface area contributed by atoms with Crippen molar-refractivity contribution in [3.8, 4) is 11.5 Å². The van der Waals surface area contributed by atoms with Crippen molar-refractivity contribution in [2.75, 3.05) is 39.3 Å². The first-order valence-corrected chi connectivity index (χ1v) is 11.1. The Bertz CT molecular complexity index is 1060. The number of fused-ring (bicyclic) bond motifs is 1. The Morgan fingerprint density at radius 2 is 1.61 bits per heavy atom. The molecule has 6 nitrogen and oxygen atoms in total. The highest BCUT2D eigenvalue weighted by Gasteiger charge is 2.21. The van der Waals surface area contributed by atoms with Gasteiger partial charge in [0.05, 0.1) is 14.2 Å². The van der Waals surface area contributed by atoms with Crippen molar-refractivity contribution in [1.29, 1.82) is 0 Å². The van der Waals surface area contributed by atoms with Crippen LogP contribution < -0.4 is 25.0 Å². The summed E-state index contributed by atoms with van der Waals surface area (Å²) >= 11 is 0. The van der Waals surface area contributed by atoms with E-state index in [1.807, 2.05) is 13.1 Å². The number of piperidine rings is 1. The third kappa shape index (κ3) is 6.43. The maximum Gasteiger partial charge on any atom is 0.191 e. The molecule has 3 aromatic carbocycles. The van der Waals surface area contributed by atoms with Gasteiger partial charge < -0.3 is 25.0 Å². The average Bonchev–Trinajstić information content (AvgIpc) is 2.86. The summed E-state index contributed by atoms with van der Waals surface area (Å²) in [6, 6.07) is 21.5. The van der Waals surface area contributed by atoms with E-state index in [2.05, 4.69) is 75.1 Å². The van der Waals surface area contributed by atoms with E-state index in [0.717, 1.165) is 55.6 Å². The van der Waals surface area contributed by atoms with E-state index < -0.39 is 0 Å². The zero-order valence-electron chi connectivity index (χ0n) is 19.5. The molecule has 176 valence electrons. The second kappa shape index (κ2) is 12.0. The smallest absolute Gasteiger partial charge is 0.191 e. The fourth-order valence-electron chi connectivity index (χ4n) is 4.18. The number of methoxy groups -OCH3 is 2. The van der Waals surface area contributed by atoms with Crippen molar-refractivity contribution in [1.82, 2.24) is 10.6 Å². The molecule has 1 aliphatic heterocycles. The number of nitrogens with zero attached hydrogens (tertiary/aromatic N) is 2. The van der Waals surface area contributed by atoms with Crippen LogP contribution in [0.2, 0.25) is 0 Å². The first-order chi connectivity index (χ1) is 15.7. The van der Waals surface area contributed by atoms with E-state index in [-0.39, 0.29) is 24.0 Å². The fourth-order valence-corrected chi connectivity index (χ4v) is 4.18. The molecule has 0 atom stereocenters. The predicted molar refractivity (Wildman–Crippen MR) is 147 cm³/mol. The summed E-state index contributed by atoms with van der Waals surface area (Å²) in [6.07, 6.45) is 2.08. The van der Waals surface area contributed by atoms with Crippen molar-refractivity contribution < 1.29 is 9.47 Å². The molecule has 3 aromatic rings. The molecule has 1 heterocycles. The Balaban J connectivity index is 0.00000306. The number of anilines is 1. The van der Waals surface area contributed by atoms with Crippen molar-refractivity contribution in [3.63, 3.8) is 0 Å². The van der Waals surface area contributed by atoms with Crippen LogP contribution in [0.3, 0.4) is 0 Å². The lowest BCUT2D eigenvalue weighted by Gasteiger charge is -2.34. The molecule has 0 amide bonds. The quantitative estimate of drug-likeness (QED) is 0.258. The van der Waals surface area contributed by atoms with Gasteiger partial charge in [-0.3, -0.25) is 4.99 Å². The monoisotopic (exact) mass is 560 g/mol. The van der Waals surface area contributed by atoms with Gasteiger partial charge in [-0.2, -0.15) is 0 Å².